The molecule has 136 valence electrons. The van der Waals surface area contributed by atoms with Crippen molar-refractivity contribution in [1.82, 2.24) is 5.43 Å². The SMILES string of the molecule is C/C(=N\N=C(N)N/N=C(\C)c1ccc(Cl)cc1N)c1ccc(Cl)cc1N. The number of nitrogens with zero attached hydrogens (tertiary/aromatic N) is 3. The van der Waals surface area contributed by atoms with Crippen molar-refractivity contribution in [2.45, 2.75) is 13.8 Å². The maximum absolute atomic E-state index is 5.92. The van der Waals surface area contributed by atoms with E-state index in [0.717, 1.165) is 11.1 Å². The summed E-state index contributed by atoms with van der Waals surface area (Å²) in [5.41, 5.74) is 23.9. The molecule has 0 aromatic heterocycles. The lowest BCUT2D eigenvalue weighted by atomic mass is 10.1. The van der Waals surface area contributed by atoms with Gasteiger partial charge in [-0.15, -0.1) is 5.10 Å². The fourth-order valence-electron chi connectivity index (χ4n) is 2.13. The molecule has 0 amide bonds. The first-order chi connectivity index (χ1) is 12.3. The van der Waals surface area contributed by atoms with Gasteiger partial charge in [-0.3, -0.25) is 0 Å². The van der Waals surface area contributed by atoms with Crippen molar-refractivity contribution >= 4 is 52.0 Å². The molecule has 26 heavy (non-hydrogen) atoms. The summed E-state index contributed by atoms with van der Waals surface area (Å²) in [6, 6.07) is 10.3. The van der Waals surface area contributed by atoms with Gasteiger partial charge in [0.05, 0.1) is 11.4 Å². The number of nitrogen functional groups attached to an aromatic ring is 2. The van der Waals surface area contributed by atoms with E-state index in [4.69, 9.17) is 40.4 Å². The smallest absolute Gasteiger partial charge is 0.234 e. The molecule has 0 saturated carbocycles. The first-order valence-electron chi connectivity index (χ1n) is 7.56. The van der Waals surface area contributed by atoms with E-state index < -0.39 is 0 Å². The van der Waals surface area contributed by atoms with Gasteiger partial charge in [-0.05, 0) is 50.2 Å². The standard InChI is InChI=1S/C17H19Cl2N7/c1-9(13-5-3-11(18)7-15(13)20)23-25-17(22)26-24-10(2)14-6-4-12(19)8-16(14)21/h3-8H,20-21H2,1-2H3,(H3,22,25,26)/b23-9+,24-10+. The van der Waals surface area contributed by atoms with Crippen LogP contribution >= 0.6 is 23.2 Å². The van der Waals surface area contributed by atoms with E-state index in [1.54, 1.807) is 50.2 Å². The highest BCUT2D eigenvalue weighted by Gasteiger charge is 2.05. The van der Waals surface area contributed by atoms with Crippen LogP contribution in [-0.4, -0.2) is 17.4 Å². The highest BCUT2D eigenvalue weighted by molar-refractivity contribution is 6.31. The van der Waals surface area contributed by atoms with E-state index >= 15 is 0 Å². The number of rotatable bonds is 4. The molecule has 0 bridgehead atoms. The van der Waals surface area contributed by atoms with E-state index in [0.29, 0.717) is 32.8 Å². The summed E-state index contributed by atoms with van der Waals surface area (Å²) in [6.45, 7) is 3.54. The number of hydrogen-bond acceptors (Lipinski definition) is 5. The van der Waals surface area contributed by atoms with Crippen molar-refractivity contribution in [2.75, 3.05) is 11.5 Å². The number of nitrogens with two attached hydrogens (primary N) is 3. The molecule has 0 atom stereocenters. The van der Waals surface area contributed by atoms with Gasteiger partial charge in [0, 0.05) is 32.5 Å². The Morgan fingerprint density at radius 3 is 1.85 bits per heavy atom. The molecule has 0 spiro atoms. The molecule has 0 radical (unpaired) electrons. The minimum absolute atomic E-state index is 0.0174. The van der Waals surface area contributed by atoms with Crippen molar-refractivity contribution in [3.8, 4) is 0 Å². The first-order valence-corrected chi connectivity index (χ1v) is 8.32. The lowest BCUT2D eigenvalue weighted by Crippen LogP contribution is -2.28. The Balaban J connectivity index is 2.12. The van der Waals surface area contributed by atoms with Crippen LogP contribution in [0.5, 0.6) is 0 Å². The van der Waals surface area contributed by atoms with Gasteiger partial charge in [0.15, 0.2) is 0 Å². The Bertz CT molecular complexity index is 904. The summed E-state index contributed by atoms with van der Waals surface area (Å²) in [7, 11) is 0. The van der Waals surface area contributed by atoms with Crippen molar-refractivity contribution in [2.24, 2.45) is 21.0 Å². The van der Waals surface area contributed by atoms with Crippen LogP contribution in [0.3, 0.4) is 0 Å². The third-order valence-corrected chi connectivity index (χ3v) is 3.92. The zero-order valence-corrected chi connectivity index (χ0v) is 15.8. The maximum atomic E-state index is 5.92. The molecule has 0 unspecified atom stereocenters. The van der Waals surface area contributed by atoms with Crippen LogP contribution in [0.1, 0.15) is 25.0 Å². The number of hydrazone groups is 1. The zero-order valence-electron chi connectivity index (χ0n) is 14.3. The molecule has 2 aromatic rings. The Labute approximate surface area is 161 Å². The largest absolute Gasteiger partial charge is 0.398 e. The maximum Gasteiger partial charge on any atom is 0.234 e. The fourth-order valence-corrected chi connectivity index (χ4v) is 2.49. The molecule has 7 N–H and O–H groups in total. The lowest BCUT2D eigenvalue weighted by Gasteiger charge is -2.06. The van der Waals surface area contributed by atoms with Crippen LogP contribution in [0.25, 0.3) is 0 Å². The number of guanidine groups is 1. The molecule has 2 aromatic carbocycles. The van der Waals surface area contributed by atoms with Crippen LogP contribution in [0.4, 0.5) is 11.4 Å². The van der Waals surface area contributed by atoms with E-state index in [1.807, 2.05) is 0 Å². The van der Waals surface area contributed by atoms with Gasteiger partial charge in [0.1, 0.15) is 0 Å². The summed E-state index contributed by atoms with van der Waals surface area (Å²) >= 11 is 11.8. The van der Waals surface area contributed by atoms with Gasteiger partial charge in [0.25, 0.3) is 0 Å². The van der Waals surface area contributed by atoms with Gasteiger partial charge in [0.2, 0.25) is 5.96 Å². The predicted octanol–water partition coefficient (Wildman–Crippen LogP) is 3.21. The lowest BCUT2D eigenvalue weighted by molar-refractivity contribution is 0.983. The van der Waals surface area contributed by atoms with Crippen LogP contribution < -0.4 is 22.6 Å². The summed E-state index contributed by atoms with van der Waals surface area (Å²) in [5.74, 6) is 0.0174. The van der Waals surface area contributed by atoms with Crippen molar-refractivity contribution < 1.29 is 0 Å². The second-order valence-electron chi connectivity index (χ2n) is 5.44. The van der Waals surface area contributed by atoms with E-state index in [2.05, 4.69) is 20.7 Å². The van der Waals surface area contributed by atoms with Crippen LogP contribution in [0.15, 0.2) is 51.7 Å². The van der Waals surface area contributed by atoms with E-state index in [9.17, 15) is 0 Å². The predicted molar refractivity (Wildman–Crippen MR) is 111 cm³/mol. The molecule has 0 aliphatic carbocycles. The fraction of sp³-hybridized carbons (Fsp3) is 0.118. The average molecular weight is 392 g/mol. The number of nitrogens with one attached hydrogen (secondary N) is 1. The summed E-state index contributed by atoms with van der Waals surface area (Å²) < 4.78 is 0. The molecule has 0 saturated heterocycles. The monoisotopic (exact) mass is 391 g/mol. The number of anilines is 2. The second kappa shape index (κ2) is 8.55. The molecule has 2 rings (SSSR count). The van der Waals surface area contributed by atoms with Crippen LogP contribution in [-0.2, 0) is 0 Å². The molecule has 0 heterocycles. The van der Waals surface area contributed by atoms with Gasteiger partial charge in [-0.25, -0.2) is 5.43 Å². The average Bonchev–Trinajstić information content (AvgIpc) is 2.57. The van der Waals surface area contributed by atoms with E-state index in [-0.39, 0.29) is 5.96 Å². The molecule has 0 aliphatic heterocycles. The van der Waals surface area contributed by atoms with E-state index in [1.165, 1.54) is 0 Å². The minimum atomic E-state index is 0.0174. The third kappa shape index (κ3) is 5.11. The summed E-state index contributed by atoms with van der Waals surface area (Å²) in [5, 5.41) is 13.2. The molecular weight excluding hydrogens is 373 g/mol. The Kier molecular flexibility index (Phi) is 6.43. The Hall–Kier alpha value is -2.77. The number of benzene rings is 2. The Morgan fingerprint density at radius 2 is 1.35 bits per heavy atom. The third-order valence-electron chi connectivity index (χ3n) is 3.45. The normalized spacial score (nSPS) is 13.0. The summed E-state index contributed by atoms with van der Waals surface area (Å²) in [6.07, 6.45) is 0. The second-order valence-corrected chi connectivity index (χ2v) is 6.32. The summed E-state index contributed by atoms with van der Waals surface area (Å²) in [4.78, 5) is 0. The quantitative estimate of drug-likeness (QED) is 0.276. The molecule has 7 nitrogen and oxygen atoms in total. The highest BCUT2D eigenvalue weighted by Crippen LogP contribution is 2.19. The van der Waals surface area contributed by atoms with Gasteiger partial charge in [-0.2, -0.15) is 10.2 Å². The van der Waals surface area contributed by atoms with Crippen LogP contribution in [0.2, 0.25) is 10.0 Å². The van der Waals surface area contributed by atoms with Gasteiger partial charge < -0.3 is 17.2 Å². The zero-order chi connectivity index (χ0) is 19.3. The minimum Gasteiger partial charge on any atom is -0.398 e. The number of halogens is 2. The van der Waals surface area contributed by atoms with Gasteiger partial charge >= 0.3 is 0 Å². The van der Waals surface area contributed by atoms with Gasteiger partial charge in [-0.1, -0.05) is 23.2 Å². The van der Waals surface area contributed by atoms with Crippen molar-refractivity contribution in [3.63, 3.8) is 0 Å². The molecule has 0 fully saturated rings. The molecular formula is C17H19Cl2N7. The highest BCUT2D eigenvalue weighted by atomic mass is 35.5. The number of hydrogen-bond donors (Lipinski definition) is 4. The molecule has 0 aliphatic rings. The Morgan fingerprint density at radius 1 is 0.846 bits per heavy atom. The van der Waals surface area contributed by atoms with Crippen molar-refractivity contribution in [3.05, 3.63) is 57.6 Å². The molecule has 9 heteroatoms. The van der Waals surface area contributed by atoms with Crippen LogP contribution in [0, 0.1) is 0 Å². The topological polar surface area (TPSA) is 127 Å². The van der Waals surface area contributed by atoms with Crippen molar-refractivity contribution in [1.29, 1.82) is 0 Å². The first kappa shape index (κ1) is 19.6.